The molecule has 2 rings (SSSR count). The minimum Gasteiger partial charge on any atom is -0.478 e. The largest absolute Gasteiger partial charge is 0.478 e. The second-order valence-electron chi connectivity index (χ2n) is 5.09. The number of anilines is 1. The average Bonchev–Trinajstić information content (AvgIpc) is 2.97. The Morgan fingerprint density at radius 3 is 2.74 bits per heavy atom. The third-order valence-electron chi connectivity index (χ3n) is 3.53. The maximum Gasteiger partial charge on any atom is 0.328 e. The number of aliphatic carboxylic acids is 1. The Balaban J connectivity index is 2.19. The molecule has 6 heteroatoms. The molecule has 0 aliphatic rings. The highest BCUT2D eigenvalue weighted by Gasteiger charge is 2.17. The molecule has 0 saturated carbocycles. The molecule has 120 valence electrons. The molecule has 0 fully saturated rings. The van der Waals surface area contributed by atoms with Gasteiger partial charge in [-0.1, -0.05) is 17.7 Å². The van der Waals surface area contributed by atoms with Gasteiger partial charge < -0.3 is 15.0 Å². The van der Waals surface area contributed by atoms with Crippen LogP contribution in [0.5, 0.6) is 0 Å². The van der Waals surface area contributed by atoms with Crippen LogP contribution in [-0.2, 0) is 9.59 Å². The van der Waals surface area contributed by atoms with Gasteiger partial charge in [0.15, 0.2) is 0 Å². The SMILES string of the molecule is Cc1c(Cl)cccc1NC(=O)C(C)n1cccc1/C=C/C(=O)O. The number of carboxylic acids is 1. The van der Waals surface area contributed by atoms with Crippen molar-refractivity contribution in [2.75, 3.05) is 5.32 Å². The first-order valence-electron chi connectivity index (χ1n) is 7.04. The summed E-state index contributed by atoms with van der Waals surface area (Å²) in [5, 5.41) is 12.1. The quantitative estimate of drug-likeness (QED) is 0.819. The summed E-state index contributed by atoms with van der Waals surface area (Å²) in [6, 6.07) is 8.32. The van der Waals surface area contributed by atoms with Crippen molar-refractivity contribution < 1.29 is 14.7 Å². The van der Waals surface area contributed by atoms with Gasteiger partial charge in [-0.3, -0.25) is 4.79 Å². The summed E-state index contributed by atoms with van der Waals surface area (Å²) in [5.74, 6) is -1.25. The number of halogens is 1. The first-order chi connectivity index (χ1) is 10.9. The molecule has 1 unspecified atom stereocenters. The van der Waals surface area contributed by atoms with Crippen LogP contribution in [0.1, 0.15) is 24.2 Å². The van der Waals surface area contributed by atoms with Crippen LogP contribution in [0.2, 0.25) is 5.02 Å². The van der Waals surface area contributed by atoms with Crippen molar-refractivity contribution in [3.8, 4) is 0 Å². The lowest BCUT2D eigenvalue weighted by atomic mass is 10.2. The van der Waals surface area contributed by atoms with Crippen molar-refractivity contribution in [2.24, 2.45) is 0 Å². The van der Waals surface area contributed by atoms with Crippen LogP contribution in [0.4, 0.5) is 5.69 Å². The zero-order valence-corrected chi connectivity index (χ0v) is 13.5. The molecule has 1 heterocycles. The van der Waals surface area contributed by atoms with Crippen molar-refractivity contribution in [1.29, 1.82) is 0 Å². The number of aromatic nitrogens is 1. The second kappa shape index (κ2) is 7.15. The van der Waals surface area contributed by atoms with Crippen LogP contribution in [0.25, 0.3) is 6.08 Å². The van der Waals surface area contributed by atoms with Gasteiger partial charge in [-0.25, -0.2) is 4.79 Å². The summed E-state index contributed by atoms with van der Waals surface area (Å²) in [6.45, 7) is 3.58. The van der Waals surface area contributed by atoms with Crippen LogP contribution in [0, 0.1) is 6.92 Å². The monoisotopic (exact) mass is 332 g/mol. The van der Waals surface area contributed by atoms with E-state index in [1.54, 1.807) is 48.0 Å². The maximum atomic E-state index is 12.4. The van der Waals surface area contributed by atoms with Crippen LogP contribution >= 0.6 is 11.6 Å². The van der Waals surface area contributed by atoms with Gasteiger partial charge in [-0.05, 0) is 49.8 Å². The standard InChI is InChI=1S/C17H17ClN2O3/c1-11-14(18)6-3-7-15(11)19-17(23)12(2)20-10-4-5-13(20)8-9-16(21)22/h3-10,12H,1-2H3,(H,19,23)(H,21,22)/b9-8+. The fourth-order valence-corrected chi connectivity index (χ4v) is 2.34. The van der Waals surface area contributed by atoms with Crippen LogP contribution in [-0.4, -0.2) is 21.6 Å². The lowest BCUT2D eigenvalue weighted by Gasteiger charge is -2.17. The Morgan fingerprint density at radius 2 is 2.04 bits per heavy atom. The summed E-state index contributed by atoms with van der Waals surface area (Å²) < 4.78 is 1.70. The number of carboxylic acid groups (broad SMARTS) is 1. The Hall–Kier alpha value is -2.53. The zero-order chi connectivity index (χ0) is 17.0. The molecule has 5 nitrogen and oxygen atoms in total. The van der Waals surface area contributed by atoms with Gasteiger partial charge in [0, 0.05) is 28.7 Å². The Morgan fingerprint density at radius 1 is 1.30 bits per heavy atom. The molecule has 0 spiro atoms. The normalized spacial score (nSPS) is 12.3. The van der Waals surface area contributed by atoms with Gasteiger partial charge in [0.05, 0.1) is 0 Å². The molecule has 23 heavy (non-hydrogen) atoms. The molecule has 0 radical (unpaired) electrons. The van der Waals surface area contributed by atoms with Gasteiger partial charge in [-0.15, -0.1) is 0 Å². The number of carbonyl (C=O) groups is 2. The van der Waals surface area contributed by atoms with Crippen LogP contribution in [0.15, 0.2) is 42.6 Å². The minimum atomic E-state index is -1.04. The molecule has 2 aromatic rings. The number of amides is 1. The molecule has 2 N–H and O–H groups in total. The third-order valence-corrected chi connectivity index (χ3v) is 3.94. The van der Waals surface area contributed by atoms with E-state index in [0.29, 0.717) is 16.4 Å². The average molecular weight is 333 g/mol. The van der Waals surface area contributed by atoms with E-state index in [1.807, 2.05) is 6.92 Å². The molecule has 0 saturated heterocycles. The van der Waals surface area contributed by atoms with E-state index in [1.165, 1.54) is 6.08 Å². The van der Waals surface area contributed by atoms with Crippen molar-refractivity contribution in [3.05, 3.63) is 58.9 Å². The first-order valence-corrected chi connectivity index (χ1v) is 7.41. The maximum absolute atomic E-state index is 12.4. The predicted octanol–water partition coefficient (Wildman–Crippen LogP) is 3.75. The van der Waals surface area contributed by atoms with E-state index in [-0.39, 0.29) is 5.91 Å². The molecule has 1 atom stereocenters. The predicted molar refractivity (Wildman–Crippen MR) is 90.6 cm³/mol. The van der Waals surface area contributed by atoms with E-state index in [2.05, 4.69) is 5.32 Å². The Bertz CT molecular complexity index is 765. The Labute approximate surface area is 139 Å². The van der Waals surface area contributed by atoms with Gasteiger partial charge in [0.2, 0.25) is 5.91 Å². The number of rotatable bonds is 5. The molecule has 1 aromatic heterocycles. The summed E-state index contributed by atoms with van der Waals surface area (Å²) in [5.41, 5.74) is 2.09. The van der Waals surface area contributed by atoms with E-state index < -0.39 is 12.0 Å². The zero-order valence-electron chi connectivity index (χ0n) is 12.8. The highest BCUT2D eigenvalue weighted by Crippen LogP contribution is 2.24. The lowest BCUT2D eigenvalue weighted by Crippen LogP contribution is -2.24. The van der Waals surface area contributed by atoms with E-state index in [4.69, 9.17) is 16.7 Å². The molecule has 0 bridgehead atoms. The molecule has 1 amide bonds. The number of nitrogens with zero attached hydrogens (tertiary/aromatic N) is 1. The summed E-state index contributed by atoms with van der Waals surface area (Å²) >= 11 is 6.05. The molecular formula is C17H17ClN2O3. The van der Waals surface area contributed by atoms with Crippen molar-refractivity contribution >= 4 is 35.2 Å². The van der Waals surface area contributed by atoms with E-state index >= 15 is 0 Å². The molecule has 0 aliphatic heterocycles. The molecular weight excluding hydrogens is 316 g/mol. The number of hydrogen-bond donors (Lipinski definition) is 2. The summed E-state index contributed by atoms with van der Waals surface area (Å²) in [7, 11) is 0. The van der Waals surface area contributed by atoms with Gasteiger partial charge in [-0.2, -0.15) is 0 Å². The highest BCUT2D eigenvalue weighted by atomic mass is 35.5. The number of benzene rings is 1. The minimum absolute atomic E-state index is 0.212. The smallest absolute Gasteiger partial charge is 0.328 e. The fraction of sp³-hybridized carbons (Fsp3) is 0.176. The van der Waals surface area contributed by atoms with Crippen molar-refractivity contribution in [1.82, 2.24) is 4.57 Å². The Kier molecular flexibility index (Phi) is 5.24. The van der Waals surface area contributed by atoms with Crippen molar-refractivity contribution in [3.63, 3.8) is 0 Å². The van der Waals surface area contributed by atoms with Gasteiger partial charge >= 0.3 is 5.97 Å². The molecule has 0 aliphatic carbocycles. The van der Waals surface area contributed by atoms with E-state index in [0.717, 1.165) is 11.6 Å². The van der Waals surface area contributed by atoms with Gasteiger partial charge in [0.25, 0.3) is 0 Å². The van der Waals surface area contributed by atoms with Gasteiger partial charge in [0.1, 0.15) is 6.04 Å². The number of carbonyl (C=O) groups excluding carboxylic acids is 1. The lowest BCUT2D eigenvalue weighted by molar-refractivity contribution is -0.131. The van der Waals surface area contributed by atoms with Crippen LogP contribution in [0.3, 0.4) is 0 Å². The van der Waals surface area contributed by atoms with Crippen LogP contribution < -0.4 is 5.32 Å². The topological polar surface area (TPSA) is 71.3 Å². The van der Waals surface area contributed by atoms with E-state index in [9.17, 15) is 9.59 Å². The van der Waals surface area contributed by atoms with Crippen molar-refractivity contribution in [2.45, 2.75) is 19.9 Å². The highest BCUT2D eigenvalue weighted by molar-refractivity contribution is 6.31. The number of nitrogens with one attached hydrogen (secondary N) is 1. The third kappa shape index (κ3) is 4.02. The first kappa shape index (κ1) is 16.8. The molecule has 1 aromatic carbocycles. The second-order valence-corrected chi connectivity index (χ2v) is 5.50. The summed E-state index contributed by atoms with van der Waals surface area (Å²) in [6.07, 6.45) is 4.23. The number of hydrogen-bond acceptors (Lipinski definition) is 2. The fourth-order valence-electron chi connectivity index (χ4n) is 2.16. The summed E-state index contributed by atoms with van der Waals surface area (Å²) in [4.78, 5) is 23.1.